The van der Waals surface area contributed by atoms with Gasteiger partial charge in [-0.1, -0.05) is 27.2 Å². The fraction of sp³-hybridized carbons (Fsp3) is 1.00. The van der Waals surface area contributed by atoms with Crippen LogP contribution < -0.4 is 0 Å². The van der Waals surface area contributed by atoms with Crippen LogP contribution in [-0.4, -0.2) is 17.5 Å². The fourth-order valence-corrected chi connectivity index (χ4v) is 6.11. The van der Waals surface area contributed by atoms with Gasteiger partial charge in [-0.25, -0.2) is 0 Å². The number of rotatable bonds is 1. The second-order valence-corrected chi connectivity index (χ2v) is 9.54. The summed E-state index contributed by atoms with van der Waals surface area (Å²) in [6, 6.07) is 0. The highest BCUT2D eigenvalue weighted by atomic mass is 16.8. The molecule has 21 heavy (non-hydrogen) atoms. The van der Waals surface area contributed by atoms with Crippen molar-refractivity contribution in [1.29, 1.82) is 0 Å². The van der Waals surface area contributed by atoms with Crippen molar-refractivity contribution in [3.05, 3.63) is 0 Å². The van der Waals surface area contributed by atoms with Crippen LogP contribution in [0.1, 0.15) is 73.1 Å². The van der Waals surface area contributed by atoms with Crippen LogP contribution in [0.4, 0.5) is 0 Å². The zero-order chi connectivity index (χ0) is 15.0. The van der Waals surface area contributed by atoms with Crippen LogP contribution in [0, 0.1) is 29.1 Å². The lowest BCUT2D eigenvalue weighted by atomic mass is 9.69. The molecule has 3 aliphatic carbocycles. The van der Waals surface area contributed by atoms with E-state index in [1.54, 1.807) is 0 Å². The molecule has 4 aliphatic rings. The van der Waals surface area contributed by atoms with E-state index in [2.05, 4.69) is 34.6 Å². The molecule has 0 aromatic heterocycles. The third kappa shape index (κ3) is 2.12. The smallest absolute Gasteiger partial charge is 0.169 e. The van der Waals surface area contributed by atoms with Crippen LogP contribution in [0.2, 0.25) is 0 Å². The Hall–Kier alpha value is -0.0800. The van der Waals surface area contributed by atoms with Crippen LogP contribution in [-0.2, 0) is 9.47 Å². The molecule has 0 spiro atoms. The monoisotopic (exact) mass is 292 g/mol. The van der Waals surface area contributed by atoms with Gasteiger partial charge in [-0.15, -0.1) is 0 Å². The predicted octanol–water partition coefficient (Wildman–Crippen LogP) is 4.77. The highest BCUT2D eigenvalue weighted by Gasteiger charge is 2.62. The minimum absolute atomic E-state index is 0.0785. The normalized spacial score (nSPS) is 55.9. The van der Waals surface area contributed by atoms with Gasteiger partial charge in [-0.2, -0.15) is 0 Å². The molecule has 0 radical (unpaired) electrons. The van der Waals surface area contributed by atoms with E-state index in [9.17, 15) is 0 Å². The molecule has 2 heteroatoms. The zero-order valence-corrected chi connectivity index (χ0v) is 14.4. The number of hydrogen-bond donors (Lipinski definition) is 0. The Morgan fingerprint density at radius 1 is 0.952 bits per heavy atom. The van der Waals surface area contributed by atoms with Crippen molar-refractivity contribution in [2.24, 2.45) is 29.1 Å². The minimum atomic E-state index is -0.301. The molecule has 1 heterocycles. The molecule has 1 saturated heterocycles. The summed E-state index contributed by atoms with van der Waals surface area (Å²) in [7, 11) is 0. The van der Waals surface area contributed by atoms with Gasteiger partial charge >= 0.3 is 0 Å². The number of hydrogen-bond acceptors (Lipinski definition) is 2. The molecular formula is C19H32O2. The first kappa shape index (κ1) is 14.5. The molecular weight excluding hydrogens is 260 g/mol. The van der Waals surface area contributed by atoms with Gasteiger partial charge in [0, 0.05) is 5.92 Å². The Morgan fingerprint density at radius 2 is 1.67 bits per heavy atom. The first-order valence-corrected chi connectivity index (χ1v) is 9.11. The van der Waals surface area contributed by atoms with E-state index in [0.29, 0.717) is 17.4 Å². The van der Waals surface area contributed by atoms with Gasteiger partial charge in [0.25, 0.3) is 0 Å². The first-order valence-electron chi connectivity index (χ1n) is 9.11. The second kappa shape index (κ2) is 4.26. The van der Waals surface area contributed by atoms with Gasteiger partial charge in [0.2, 0.25) is 0 Å². The van der Waals surface area contributed by atoms with E-state index in [-0.39, 0.29) is 11.4 Å². The summed E-state index contributed by atoms with van der Waals surface area (Å²) < 4.78 is 13.2. The van der Waals surface area contributed by atoms with E-state index in [0.717, 1.165) is 24.2 Å². The molecule has 0 bridgehead atoms. The lowest BCUT2D eigenvalue weighted by molar-refractivity contribution is -0.196. The Bertz CT molecular complexity index is 441. The standard InChI is InChI=1S/C19H32O2/c1-12-6-9-15-14(12)10-16-18(4,11-17(15,2)3)21-19(5,20-16)13-7-8-13/h12-16H,6-11H2,1-5H3/t12-,14?,15-,16+,18-,19-/m1/s1. The van der Waals surface area contributed by atoms with Crippen molar-refractivity contribution in [1.82, 2.24) is 0 Å². The van der Waals surface area contributed by atoms with Crippen molar-refractivity contribution >= 4 is 0 Å². The first-order chi connectivity index (χ1) is 9.74. The summed E-state index contributed by atoms with van der Waals surface area (Å²) in [6.45, 7) is 11.9. The van der Waals surface area contributed by atoms with Crippen molar-refractivity contribution in [3.8, 4) is 0 Å². The highest BCUT2D eigenvalue weighted by molar-refractivity contribution is 5.07. The summed E-state index contributed by atoms with van der Waals surface area (Å²) in [5, 5.41) is 0. The molecule has 0 aromatic carbocycles. The summed E-state index contributed by atoms with van der Waals surface area (Å²) in [6.07, 6.45) is 8.05. The molecule has 6 atom stereocenters. The van der Waals surface area contributed by atoms with Crippen molar-refractivity contribution in [2.45, 2.75) is 90.6 Å². The van der Waals surface area contributed by atoms with Crippen LogP contribution in [0.5, 0.6) is 0 Å². The second-order valence-electron chi connectivity index (χ2n) is 9.54. The minimum Gasteiger partial charge on any atom is -0.344 e. The molecule has 0 aromatic rings. The molecule has 4 fully saturated rings. The highest BCUT2D eigenvalue weighted by Crippen LogP contribution is 2.60. The van der Waals surface area contributed by atoms with Crippen LogP contribution in [0.25, 0.3) is 0 Å². The fourth-order valence-electron chi connectivity index (χ4n) is 6.11. The van der Waals surface area contributed by atoms with Gasteiger partial charge in [0.05, 0.1) is 11.7 Å². The molecule has 1 unspecified atom stereocenters. The summed E-state index contributed by atoms with van der Waals surface area (Å²) >= 11 is 0. The molecule has 0 amide bonds. The quantitative estimate of drug-likeness (QED) is 0.693. The molecule has 1 aliphatic heterocycles. The summed E-state index contributed by atoms with van der Waals surface area (Å²) in [4.78, 5) is 0. The molecule has 0 N–H and O–H groups in total. The Labute approximate surface area is 130 Å². The van der Waals surface area contributed by atoms with Gasteiger partial charge in [-0.3, -0.25) is 0 Å². The Morgan fingerprint density at radius 3 is 2.33 bits per heavy atom. The van der Waals surface area contributed by atoms with Crippen molar-refractivity contribution in [3.63, 3.8) is 0 Å². The Balaban J connectivity index is 1.66. The van der Waals surface area contributed by atoms with E-state index >= 15 is 0 Å². The number of fused-ring (bicyclic) bond motifs is 2. The molecule has 4 rings (SSSR count). The molecule has 2 nitrogen and oxygen atoms in total. The van der Waals surface area contributed by atoms with Crippen LogP contribution in [0.3, 0.4) is 0 Å². The van der Waals surface area contributed by atoms with E-state index in [1.807, 2.05) is 0 Å². The third-order valence-corrected chi connectivity index (χ3v) is 7.29. The van der Waals surface area contributed by atoms with E-state index in [4.69, 9.17) is 9.47 Å². The lowest BCUT2D eigenvalue weighted by Gasteiger charge is -2.39. The topological polar surface area (TPSA) is 18.5 Å². The largest absolute Gasteiger partial charge is 0.344 e. The van der Waals surface area contributed by atoms with Crippen LogP contribution >= 0.6 is 0 Å². The average molecular weight is 292 g/mol. The third-order valence-electron chi connectivity index (χ3n) is 7.29. The van der Waals surface area contributed by atoms with E-state index < -0.39 is 0 Å². The SMILES string of the molecule is C[C@@H]1CC[C@@H]2C1C[C@@H]1O[C@@](C)(C3CC3)O[C@]1(C)CC2(C)C. The average Bonchev–Trinajstić information content (AvgIpc) is 3.10. The van der Waals surface area contributed by atoms with Crippen LogP contribution in [0.15, 0.2) is 0 Å². The summed E-state index contributed by atoms with van der Waals surface area (Å²) in [5.41, 5.74) is 0.294. The maximum Gasteiger partial charge on any atom is 0.169 e. The molecule has 120 valence electrons. The maximum atomic E-state index is 6.66. The van der Waals surface area contributed by atoms with Gasteiger partial charge in [0.1, 0.15) is 0 Å². The maximum absolute atomic E-state index is 6.66. The Kier molecular flexibility index (Phi) is 2.94. The van der Waals surface area contributed by atoms with Crippen molar-refractivity contribution in [2.75, 3.05) is 0 Å². The number of ether oxygens (including phenoxy) is 2. The zero-order valence-electron chi connectivity index (χ0n) is 14.4. The predicted molar refractivity (Wildman–Crippen MR) is 83.9 cm³/mol. The van der Waals surface area contributed by atoms with Gasteiger partial charge in [-0.05, 0) is 69.1 Å². The van der Waals surface area contributed by atoms with Gasteiger partial charge < -0.3 is 9.47 Å². The van der Waals surface area contributed by atoms with E-state index in [1.165, 1.54) is 32.1 Å². The molecule has 3 saturated carbocycles. The van der Waals surface area contributed by atoms with Gasteiger partial charge in [0.15, 0.2) is 5.79 Å². The summed E-state index contributed by atoms with van der Waals surface area (Å²) in [5.74, 6) is 2.88. The lowest BCUT2D eigenvalue weighted by Crippen LogP contribution is -2.41. The van der Waals surface area contributed by atoms with Crippen molar-refractivity contribution < 1.29 is 9.47 Å².